The van der Waals surface area contributed by atoms with Crippen LogP contribution in [0.2, 0.25) is 0 Å². The third kappa shape index (κ3) is 2.25. The minimum atomic E-state index is 0.163. The van der Waals surface area contributed by atoms with Crippen LogP contribution in [0.15, 0.2) is 0 Å². The van der Waals surface area contributed by atoms with E-state index in [4.69, 9.17) is 5.11 Å². The van der Waals surface area contributed by atoms with E-state index in [1.807, 2.05) is 14.0 Å². The topological polar surface area (TPSA) is 54.2 Å². The third-order valence-electron chi connectivity index (χ3n) is 3.34. The van der Waals surface area contributed by atoms with Crippen molar-refractivity contribution < 1.29 is 5.11 Å². The predicted molar refractivity (Wildman–Crippen MR) is 61.0 cm³/mol. The van der Waals surface area contributed by atoms with Crippen molar-refractivity contribution in [2.24, 2.45) is 0 Å². The molecular weight excluding hydrogens is 204 g/mol. The summed E-state index contributed by atoms with van der Waals surface area (Å²) in [4.78, 5) is 2.10. The molecule has 0 saturated heterocycles. The number of rotatable bonds is 4. The van der Waals surface area contributed by atoms with Crippen molar-refractivity contribution in [1.29, 1.82) is 0 Å². The van der Waals surface area contributed by atoms with Crippen molar-refractivity contribution in [3.63, 3.8) is 0 Å². The van der Waals surface area contributed by atoms with Gasteiger partial charge < -0.3 is 9.67 Å². The fourth-order valence-electron chi connectivity index (χ4n) is 2.00. The van der Waals surface area contributed by atoms with Crippen molar-refractivity contribution in [2.75, 3.05) is 13.7 Å². The molecule has 1 unspecified atom stereocenters. The molecular formula is C11H20N4O. The molecule has 2 rings (SSSR count). The lowest BCUT2D eigenvalue weighted by Crippen LogP contribution is -2.32. The number of aliphatic hydroxyl groups excluding tert-OH is 1. The number of nitrogens with zero attached hydrogens (tertiary/aromatic N) is 4. The van der Waals surface area contributed by atoms with Gasteiger partial charge in [0.2, 0.25) is 0 Å². The molecule has 0 amide bonds. The fraction of sp³-hybridized carbons (Fsp3) is 0.818. The quantitative estimate of drug-likeness (QED) is 0.805. The summed E-state index contributed by atoms with van der Waals surface area (Å²) in [5, 5.41) is 17.6. The third-order valence-corrected chi connectivity index (χ3v) is 3.34. The maximum Gasteiger partial charge on any atom is 0.147 e. The van der Waals surface area contributed by atoms with Crippen LogP contribution in [-0.4, -0.2) is 44.5 Å². The molecule has 1 aromatic heterocycles. The molecule has 1 N–H and O–H groups in total. The highest BCUT2D eigenvalue weighted by Crippen LogP contribution is 2.15. The van der Waals surface area contributed by atoms with E-state index in [1.165, 1.54) is 12.8 Å². The molecule has 0 saturated carbocycles. The first-order valence-corrected chi connectivity index (χ1v) is 5.94. The first-order chi connectivity index (χ1) is 7.72. The van der Waals surface area contributed by atoms with Gasteiger partial charge in [-0.05, 0) is 26.8 Å². The Morgan fingerprint density at radius 3 is 3.00 bits per heavy atom. The van der Waals surface area contributed by atoms with Gasteiger partial charge in [0.15, 0.2) is 0 Å². The average Bonchev–Trinajstić information content (AvgIpc) is 2.72. The predicted octanol–water partition coefficient (Wildman–Crippen LogP) is 0.427. The van der Waals surface area contributed by atoms with Gasteiger partial charge in [-0.1, -0.05) is 0 Å². The van der Waals surface area contributed by atoms with Crippen LogP contribution < -0.4 is 0 Å². The molecule has 1 aliphatic rings. The van der Waals surface area contributed by atoms with Gasteiger partial charge in [0.05, 0.1) is 13.2 Å². The highest BCUT2D eigenvalue weighted by Gasteiger charge is 2.18. The molecule has 0 spiro atoms. The molecule has 1 aromatic rings. The van der Waals surface area contributed by atoms with Crippen molar-refractivity contribution in [3.8, 4) is 0 Å². The summed E-state index contributed by atoms with van der Waals surface area (Å²) in [5.41, 5.74) is 0. The van der Waals surface area contributed by atoms with E-state index in [2.05, 4.69) is 19.7 Å². The molecule has 0 aliphatic carbocycles. The molecule has 2 heterocycles. The molecule has 0 aromatic carbocycles. The van der Waals surface area contributed by atoms with E-state index in [1.54, 1.807) is 0 Å². The van der Waals surface area contributed by atoms with Gasteiger partial charge in [-0.2, -0.15) is 0 Å². The van der Waals surface area contributed by atoms with Crippen molar-refractivity contribution >= 4 is 0 Å². The van der Waals surface area contributed by atoms with E-state index < -0.39 is 0 Å². The zero-order valence-electron chi connectivity index (χ0n) is 10.1. The van der Waals surface area contributed by atoms with Gasteiger partial charge in [-0.15, -0.1) is 10.2 Å². The van der Waals surface area contributed by atoms with Gasteiger partial charge in [-0.25, -0.2) is 0 Å². The minimum absolute atomic E-state index is 0.163. The second-order valence-corrected chi connectivity index (χ2v) is 4.59. The summed E-state index contributed by atoms with van der Waals surface area (Å²) in [6, 6.07) is 0.163. The summed E-state index contributed by atoms with van der Waals surface area (Å²) in [6.07, 6.45) is 3.49. The van der Waals surface area contributed by atoms with Crippen LogP contribution in [0.3, 0.4) is 0 Å². The minimum Gasteiger partial charge on any atom is -0.395 e. The lowest BCUT2D eigenvalue weighted by molar-refractivity contribution is 0.150. The molecule has 0 fully saturated rings. The Kier molecular flexibility index (Phi) is 3.56. The fourth-order valence-corrected chi connectivity index (χ4v) is 2.00. The summed E-state index contributed by atoms with van der Waals surface area (Å²) in [6.45, 7) is 3.98. The highest BCUT2D eigenvalue weighted by molar-refractivity contribution is 4.98. The van der Waals surface area contributed by atoms with Crippen molar-refractivity contribution in [3.05, 3.63) is 11.6 Å². The summed E-state index contributed by atoms with van der Waals surface area (Å²) < 4.78 is 2.23. The Balaban J connectivity index is 2.07. The summed E-state index contributed by atoms with van der Waals surface area (Å²) >= 11 is 0. The first-order valence-electron chi connectivity index (χ1n) is 5.94. The van der Waals surface area contributed by atoms with Gasteiger partial charge >= 0.3 is 0 Å². The summed E-state index contributed by atoms with van der Waals surface area (Å²) in [7, 11) is 2.01. The van der Waals surface area contributed by atoms with Gasteiger partial charge in [0, 0.05) is 19.0 Å². The van der Waals surface area contributed by atoms with Crippen LogP contribution in [0, 0.1) is 0 Å². The van der Waals surface area contributed by atoms with E-state index in [-0.39, 0.29) is 12.6 Å². The zero-order valence-corrected chi connectivity index (χ0v) is 10.1. The van der Waals surface area contributed by atoms with Crippen LogP contribution in [0.25, 0.3) is 0 Å². The number of fused-ring (bicyclic) bond motifs is 1. The molecule has 90 valence electrons. The summed E-state index contributed by atoms with van der Waals surface area (Å²) in [5.74, 6) is 2.14. The normalized spacial score (nSPS) is 17.5. The van der Waals surface area contributed by atoms with Crippen molar-refractivity contribution in [1.82, 2.24) is 19.7 Å². The molecule has 0 bridgehead atoms. The lowest BCUT2D eigenvalue weighted by atomic mass is 10.1. The largest absolute Gasteiger partial charge is 0.395 e. The average molecular weight is 224 g/mol. The van der Waals surface area contributed by atoms with Crippen LogP contribution in [0.4, 0.5) is 0 Å². The number of aromatic nitrogens is 3. The molecule has 16 heavy (non-hydrogen) atoms. The van der Waals surface area contributed by atoms with E-state index in [9.17, 15) is 0 Å². The second kappa shape index (κ2) is 4.93. The Labute approximate surface area is 96.1 Å². The Hall–Kier alpha value is -0.940. The number of aliphatic hydroxyl groups is 1. The van der Waals surface area contributed by atoms with E-state index >= 15 is 0 Å². The van der Waals surface area contributed by atoms with Gasteiger partial charge in [0.1, 0.15) is 11.6 Å². The number of likely N-dealkylation sites (N-methyl/N-ethyl adjacent to an activating group) is 1. The van der Waals surface area contributed by atoms with Crippen LogP contribution >= 0.6 is 0 Å². The molecule has 1 atom stereocenters. The monoisotopic (exact) mass is 224 g/mol. The standard InChI is InChI=1S/C11H20N4O/c1-9(8-16)14(2)7-11-13-12-10-5-3-4-6-15(10)11/h9,16H,3-8H2,1-2H3. The van der Waals surface area contributed by atoms with E-state index in [0.717, 1.165) is 31.2 Å². The highest BCUT2D eigenvalue weighted by atomic mass is 16.3. The Morgan fingerprint density at radius 2 is 2.25 bits per heavy atom. The number of aryl methyl sites for hydroxylation is 1. The van der Waals surface area contributed by atoms with Gasteiger partial charge in [0.25, 0.3) is 0 Å². The Morgan fingerprint density at radius 1 is 1.44 bits per heavy atom. The van der Waals surface area contributed by atoms with E-state index in [0.29, 0.717) is 0 Å². The van der Waals surface area contributed by atoms with Crippen LogP contribution in [-0.2, 0) is 19.5 Å². The molecule has 5 nitrogen and oxygen atoms in total. The first kappa shape index (κ1) is 11.5. The second-order valence-electron chi connectivity index (χ2n) is 4.59. The maximum absolute atomic E-state index is 9.09. The molecule has 0 radical (unpaired) electrons. The van der Waals surface area contributed by atoms with Crippen LogP contribution in [0.5, 0.6) is 0 Å². The number of hydrogen-bond donors (Lipinski definition) is 1. The smallest absolute Gasteiger partial charge is 0.147 e. The SMILES string of the molecule is CC(CO)N(C)Cc1nnc2n1CCCC2. The van der Waals surface area contributed by atoms with Crippen molar-refractivity contribution in [2.45, 2.75) is 45.3 Å². The van der Waals surface area contributed by atoms with Gasteiger partial charge in [-0.3, -0.25) is 4.90 Å². The number of hydrogen-bond acceptors (Lipinski definition) is 4. The zero-order chi connectivity index (χ0) is 11.5. The Bertz CT molecular complexity index is 350. The maximum atomic E-state index is 9.09. The molecule has 5 heteroatoms. The van der Waals surface area contributed by atoms with Crippen LogP contribution in [0.1, 0.15) is 31.4 Å². The molecule has 1 aliphatic heterocycles. The lowest BCUT2D eigenvalue weighted by Gasteiger charge is -2.23.